The summed E-state index contributed by atoms with van der Waals surface area (Å²) in [6, 6.07) is 15.8. The molecule has 3 rings (SSSR count). The van der Waals surface area contributed by atoms with Crippen LogP contribution in [-0.4, -0.2) is 10.2 Å². The molecule has 0 unspecified atom stereocenters. The van der Waals surface area contributed by atoms with Gasteiger partial charge in [0.15, 0.2) is 0 Å². The molecule has 3 aromatic carbocycles. The molecule has 5 heteroatoms. The van der Waals surface area contributed by atoms with E-state index in [0.29, 0.717) is 16.4 Å². The SMILES string of the molecule is Cc1ccc(O)c(N=Nc2c(O)ccc(C)c2-c2cccc(Cl)c2)c1. The van der Waals surface area contributed by atoms with Crippen LogP contribution >= 0.6 is 11.6 Å². The van der Waals surface area contributed by atoms with E-state index >= 15 is 0 Å². The first-order valence-corrected chi connectivity index (χ1v) is 8.13. The number of rotatable bonds is 3. The van der Waals surface area contributed by atoms with Crippen molar-refractivity contribution in [1.29, 1.82) is 0 Å². The molecule has 126 valence electrons. The molecular weight excluding hydrogens is 336 g/mol. The lowest BCUT2D eigenvalue weighted by atomic mass is 9.98. The highest BCUT2D eigenvalue weighted by atomic mass is 35.5. The van der Waals surface area contributed by atoms with E-state index in [0.717, 1.165) is 22.3 Å². The van der Waals surface area contributed by atoms with E-state index in [2.05, 4.69) is 10.2 Å². The summed E-state index contributed by atoms with van der Waals surface area (Å²) >= 11 is 6.10. The lowest BCUT2D eigenvalue weighted by Crippen LogP contribution is -1.85. The van der Waals surface area contributed by atoms with Gasteiger partial charge in [-0.25, -0.2) is 0 Å². The van der Waals surface area contributed by atoms with Gasteiger partial charge in [0, 0.05) is 10.6 Å². The number of phenols is 2. The Balaban J connectivity index is 2.14. The summed E-state index contributed by atoms with van der Waals surface area (Å²) in [6.07, 6.45) is 0. The zero-order valence-electron chi connectivity index (χ0n) is 13.9. The Kier molecular flexibility index (Phi) is 4.72. The number of nitrogens with zero attached hydrogens (tertiary/aromatic N) is 2. The minimum absolute atomic E-state index is 0.0106. The highest BCUT2D eigenvalue weighted by molar-refractivity contribution is 6.30. The van der Waals surface area contributed by atoms with E-state index in [4.69, 9.17) is 11.6 Å². The minimum atomic E-state index is 0.0106. The first-order chi connectivity index (χ1) is 12.0. The molecule has 0 bridgehead atoms. The maximum atomic E-state index is 10.3. The molecule has 25 heavy (non-hydrogen) atoms. The number of benzene rings is 3. The molecule has 0 amide bonds. The third kappa shape index (κ3) is 3.64. The molecule has 0 saturated heterocycles. The quantitative estimate of drug-likeness (QED) is 0.532. The van der Waals surface area contributed by atoms with Crippen LogP contribution in [0.2, 0.25) is 5.02 Å². The van der Waals surface area contributed by atoms with Gasteiger partial charge in [0.2, 0.25) is 0 Å². The highest BCUT2D eigenvalue weighted by Crippen LogP contribution is 2.42. The van der Waals surface area contributed by atoms with Crippen molar-refractivity contribution in [3.63, 3.8) is 0 Å². The van der Waals surface area contributed by atoms with Gasteiger partial charge >= 0.3 is 0 Å². The summed E-state index contributed by atoms with van der Waals surface area (Å²) in [5, 5.41) is 29.2. The zero-order valence-corrected chi connectivity index (χ0v) is 14.6. The average Bonchev–Trinajstić information content (AvgIpc) is 2.58. The molecule has 0 aliphatic carbocycles. The molecule has 0 aliphatic rings. The summed E-state index contributed by atoms with van der Waals surface area (Å²) < 4.78 is 0. The molecular formula is C20H17ClN2O2. The van der Waals surface area contributed by atoms with Crippen LogP contribution in [0.25, 0.3) is 11.1 Å². The zero-order chi connectivity index (χ0) is 18.0. The van der Waals surface area contributed by atoms with Crippen molar-refractivity contribution in [1.82, 2.24) is 0 Å². The van der Waals surface area contributed by atoms with Crippen LogP contribution in [0.1, 0.15) is 11.1 Å². The van der Waals surface area contributed by atoms with Gasteiger partial charge in [0.25, 0.3) is 0 Å². The van der Waals surface area contributed by atoms with Crippen molar-refractivity contribution >= 4 is 23.0 Å². The monoisotopic (exact) mass is 352 g/mol. The van der Waals surface area contributed by atoms with Gasteiger partial charge in [-0.2, -0.15) is 0 Å². The average molecular weight is 353 g/mol. The van der Waals surface area contributed by atoms with Crippen molar-refractivity contribution in [2.24, 2.45) is 10.2 Å². The fourth-order valence-corrected chi connectivity index (χ4v) is 2.80. The third-order valence-corrected chi connectivity index (χ3v) is 4.10. The second-order valence-electron chi connectivity index (χ2n) is 5.83. The number of aryl methyl sites for hydroxylation is 2. The first-order valence-electron chi connectivity index (χ1n) is 7.75. The van der Waals surface area contributed by atoms with Crippen LogP contribution in [0, 0.1) is 13.8 Å². The van der Waals surface area contributed by atoms with Crippen LogP contribution in [0.15, 0.2) is 64.8 Å². The number of aromatic hydroxyl groups is 2. The minimum Gasteiger partial charge on any atom is -0.506 e. The lowest BCUT2D eigenvalue weighted by molar-refractivity contribution is 0.474. The molecule has 0 saturated carbocycles. The maximum absolute atomic E-state index is 10.3. The molecule has 0 spiro atoms. The van der Waals surface area contributed by atoms with Crippen molar-refractivity contribution in [2.75, 3.05) is 0 Å². The van der Waals surface area contributed by atoms with E-state index < -0.39 is 0 Å². The fourth-order valence-electron chi connectivity index (χ4n) is 2.61. The van der Waals surface area contributed by atoms with Gasteiger partial charge in [-0.1, -0.05) is 35.9 Å². The summed E-state index contributed by atoms with van der Waals surface area (Å²) in [5.41, 5.74) is 4.15. The highest BCUT2D eigenvalue weighted by Gasteiger charge is 2.13. The molecule has 0 aliphatic heterocycles. The molecule has 2 N–H and O–H groups in total. The van der Waals surface area contributed by atoms with Crippen molar-refractivity contribution in [2.45, 2.75) is 13.8 Å². The summed E-state index contributed by atoms with van der Waals surface area (Å²) in [6.45, 7) is 3.83. The van der Waals surface area contributed by atoms with E-state index in [1.54, 1.807) is 30.3 Å². The number of phenolic OH excluding ortho intramolecular Hbond substituents is 2. The lowest BCUT2D eigenvalue weighted by Gasteiger charge is -2.11. The fraction of sp³-hybridized carbons (Fsp3) is 0.100. The number of hydrogen-bond donors (Lipinski definition) is 2. The molecule has 3 aromatic rings. The second-order valence-corrected chi connectivity index (χ2v) is 6.26. The molecule has 0 atom stereocenters. The van der Waals surface area contributed by atoms with Crippen LogP contribution in [0.5, 0.6) is 11.5 Å². The Hall–Kier alpha value is -2.85. The Labute approximate surface area is 151 Å². The Bertz CT molecular complexity index is 968. The van der Waals surface area contributed by atoms with Crippen LogP contribution in [0.4, 0.5) is 11.4 Å². The first kappa shape index (κ1) is 17.0. The summed E-state index contributed by atoms with van der Waals surface area (Å²) in [4.78, 5) is 0. The normalized spacial score (nSPS) is 11.2. The number of hydrogen-bond acceptors (Lipinski definition) is 4. The topological polar surface area (TPSA) is 65.2 Å². The maximum Gasteiger partial charge on any atom is 0.143 e. The Morgan fingerprint density at radius 3 is 2.36 bits per heavy atom. The van der Waals surface area contributed by atoms with Gasteiger partial charge in [0.1, 0.15) is 22.9 Å². The molecule has 0 radical (unpaired) electrons. The largest absolute Gasteiger partial charge is 0.506 e. The van der Waals surface area contributed by atoms with Gasteiger partial charge in [-0.15, -0.1) is 10.2 Å². The standard InChI is InChI=1S/C20H17ClN2O2/c1-12-6-8-17(24)16(10-12)22-23-20-18(25)9-7-13(2)19(20)14-4-3-5-15(21)11-14/h3-11,24-25H,1-2H3. The Morgan fingerprint density at radius 2 is 1.60 bits per heavy atom. The van der Waals surface area contributed by atoms with Crippen molar-refractivity contribution < 1.29 is 10.2 Å². The molecule has 0 fully saturated rings. The van der Waals surface area contributed by atoms with Crippen LogP contribution < -0.4 is 0 Å². The molecule has 0 heterocycles. The van der Waals surface area contributed by atoms with Crippen molar-refractivity contribution in [3.05, 3.63) is 70.7 Å². The van der Waals surface area contributed by atoms with Gasteiger partial charge < -0.3 is 10.2 Å². The van der Waals surface area contributed by atoms with Crippen molar-refractivity contribution in [3.8, 4) is 22.6 Å². The van der Waals surface area contributed by atoms with E-state index in [1.165, 1.54) is 0 Å². The molecule has 4 nitrogen and oxygen atoms in total. The van der Waals surface area contributed by atoms with Crippen LogP contribution in [0.3, 0.4) is 0 Å². The second kappa shape index (κ2) is 6.95. The van der Waals surface area contributed by atoms with Gasteiger partial charge in [0.05, 0.1) is 0 Å². The summed E-state index contributed by atoms with van der Waals surface area (Å²) in [7, 11) is 0. The van der Waals surface area contributed by atoms with Gasteiger partial charge in [-0.3, -0.25) is 0 Å². The number of azo groups is 1. The predicted molar refractivity (Wildman–Crippen MR) is 100 cm³/mol. The Morgan fingerprint density at radius 1 is 0.840 bits per heavy atom. The number of halogens is 1. The molecule has 0 aromatic heterocycles. The third-order valence-electron chi connectivity index (χ3n) is 3.87. The van der Waals surface area contributed by atoms with E-state index in [9.17, 15) is 10.2 Å². The van der Waals surface area contributed by atoms with Crippen LogP contribution in [-0.2, 0) is 0 Å². The smallest absolute Gasteiger partial charge is 0.143 e. The van der Waals surface area contributed by atoms with E-state index in [1.807, 2.05) is 38.1 Å². The van der Waals surface area contributed by atoms with E-state index in [-0.39, 0.29) is 11.5 Å². The predicted octanol–water partition coefficient (Wildman–Crippen LogP) is 6.45. The summed E-state index contributed by atoms with van der Waals surface area (Å²) in [5.74, 6) is 0.0438. The van der Waals surface area contributed by atoms with Gasteiger partial charge in [-0.05, 0) is 60.9 Å².